The normalized spacial score (nSPS) is 28.4. The first-order chi connectivity index (χ1) is 7.38. The molecule has 0 bridgehead atoms. The second-order valence-electron chi connectivity index (χ2n) is 4.64. The van der Waals surface area contributed by atoms with Crippen molar-refractivity contribution in [2.24, 2.45) is 0 Å². The van der Waals surface area contributed by atoms with Crippen LogP contribution in [0.5, 0.6) is 0 Å². The minimum atomic E-state index is 0.812. The van der Waals surface area contributed by atoms with E-state index in [1.54, 1.807) is 0 Å². The molecule has 2 fully saturated rings. The molecular formula is C14H17N. The van der Waals surface area contributed by atoms with Crippen LogP contribution >= 0.6 is 0 Å². The van der Waals surface area contributed by atoms with Crippen molar-refractivity contribution >= 4 is 5.70 Å². The van der Waals surface area contributed by atoms with Gasteiger partial charge in [0.25, 0.3) is 0 Å². The maximum absolute atomic E-state index is 4.24. The summed E-state index contributed by atoms with van der Waals surface area (Å²) in [7, 11) is 0. The summed E-state index contributed by atoms with van der Waals surface area (Å²) in [4.78, 5) is 2.52. The summed E-state index contributed by atoms with van der Waals surface area (Å²) >= 11 is 0. The van der Waals surface area contributed by atoms with Gasteiger partial charge in [0.15, 0.2) is 0 Å². The Hall–Kier alpha value is -1.24. The molecule has 1 nitrogen and oxygen atoms in total. The summed E-state index contributed by atoms with van der Waals surface area (Å²) < 4.78 is 0. The van der Waals surface area contributed by atoms with E-state index in [4.69, 9.17) is 0 Å². The second kappa shape index (κ2) is 3.41. The molecule has 3 rings (SSSR count). The monoisotopic (exact) mass is 199 g/mol. The predicted molar refractivity (Wildman–Crippen MR) is 63.4 cm³/mol. The van der Waals surface area contributed by atoms with Crippen LogP contribution < -0.4 is 0 Å². The average Bonchev–Trinajstić information content (AvgIpc) is 3.03. The highest BCUT2D eigenvalue weighted by Crippen LogP contribution is 2.45. The molecular weight excluding hydrogens is 182 g/mol. The van der Waals surface area contributed by atoms with Gasteiger partial charge in [0.2, 0.25) is 0 Å². The molecule has 1 aliphatic heterocycles. The van der Waals surface area contributed by atoms with Gasteiger partial charge in [-0.3, -0.25) is 0 Å². The molecule has 0 radical (unpaired) electrons. The van der Waals surface area contributed by atoms with Gasteiger partial charge in [-0.1, -0.05) is 49.8 Å². The first kappa shape index (κ1) is 9.02. The Morgan fingerprint density at radius 2 is 1.67 bits per heavy atom. The highest BCUT2D eigenvalue weighted by atomic mass is 15.4. The molecule has 0 aromatic heterocycles. The number of benzene rings is 1. The molecule has 0 spiro atoms. The molecule has 2 aliphatic rings. The zero-order valence-electron chi connectivity index (χ0n) is 9.02. The molecule has 0 N–H and O–H groups in total. The van der Waals surface area contributed by atoms with Crippen LogP contribution in [-0.4, -0.2) is 17.0 Å². The number of rotatable bonds is 2. The van der Waals surface area contributed by atoms with E-state index in [1.807, 2.05) is 0 Å². The summed E-state index contributed by atoms with van der Waals surface area (Å²) in [5.41, 5.74) is 2.51. The van der Waals surface area contributed by atoms with Crippen molar-refractivity contribution in [1.82, 2.24) is 4.90 Å². The van der Waals surface area contributed by atoms with Gasteiger partial charge in [-0.25, -0.2) is 0 Å². The highest BCUT2D eigenvalue weighted by molar-refractivity contribution is 5.65. The molecule has 15 heavy (non-hydrogen) atoms. The van der Waals surface area contributed by atoms with Crippen LogP contribution in [0.1, 0.15) is 31.2 Å². The molecule has 2 unspecified atom stereocenters. The molecule has 78 valence electrons. The quantitative estimate of drug-likeness (QED) is 0.660. The van der Waals surface area contributed by atoms with E-state index in [0.717, 1.165) is 12.1 Å². The van der Waals surface area contributed by atoms with Crippen molar-refractivity contribution in [2.75, 3.05) is 0 Å². The van der Waals surface area contributed by atoms with Crippen LogP contribution in [0.4, 0.5) is 0 Å². The Labute approximate surface area is 91.4 Å². The van der Waals surface area contributed by atoms with Crippen LogP contribution in [0.2, 0.25) is 0 Å². The number of nitrogens with zero attached hydrogens (tertiary/aromatic N) is 1. The first-order valence-corrected chi connectivity index (χ1v) is 5.90. The lowest BCUT2D eigenvalue weighted by atomic mass is 10.0. The highest BCUT2D eigenvalue weighted by Gasteiger charge is 2.48. The van der Waals surface area contributed by atoms with Gasteiger partial charge in [-0.05, 0) is 18.4 Å². The molecule has 1 saturated carbocycles. The van der Waals surface area contributed by atoms with Crippen LogP contribution in [0.25, 0.3) is 5.70 Å². The Balaban J connectivity index is 1.77. The van der Waals surface area contributed by atoms with Crippen LogP contribution in [0.3, 0.4) is 0 Å². The topological polar surface area (TPSA) is 3.01 Å². The lowest BCUT2D eigenvalue weighted by molar-refractivity contribution is 0.571. The van der Waals surface area contributed by atoms with Crippen LogP contribution in [-0.2, 0) is 0 Å². The van der Waals surface area contributed by atoms with E-state index < -0.39 is 0 Å². The van der Waals surface area contributed by atoms with E-state index in [2.05, 4.69) is 41.8 Å². The van der Waals surface area contributed by atoms with Crippen molar-refractivity contribution in [2.45, 2.75) is 37.8 Å². The first-order valence-electron chi connectivity index (χ1n) is 5.90. The SMILES string of the molecule is C=C(c1ccccc1)N1C2CCCCC21. The van der Waals surface area contributed by atoms with E-state index in [0.29, 0.717) is 0 Å². The van der Waals surface area contributed by atoms with E-state index in [1.165, 1.54) is 36.9 Å². The van der Waals surface area contributed by atoms with Crippen molar-refractivity contribution in [3.63, 3.8) is 0 Å². The maximum atomic E-state index is 4.24. The summed E-state index contributed by atoms with van der Waals surface area (Å²) in [5, 5.41) is 0. The smallest absolute Gasteiger partial charge is 0.0497 e. The van der Waals surface area contributed by atoms with E-state index in [-0.39, 0.29) is 0 Å². The van der Waals surface area contributed by atoms with Crippen molar-refractivity contribution < 1.29 is 0 Å². The molecule has 0 amide bonds. The summed E-state index contributed by atoms with van der Waals surface area (Å²) in [6.07, 6.45) is 5.55. The fraction of sp³-hybridized carbons (Fsp3) is 0.429. The zero-order chi connectivity index (χ0) is 10.3. The molecule has 1 heterocycles. The fourth-order valence-electron chi connectivity index (χ4n) is 2.88. The third-order valence-corrected chi connectivity index (χ3v) is 3.74. The lowest BCUT2D eigenvalue weighted by Crippen LogP contribution is -2.00. The molecule has 1 heteroatoms. The fourth-order valence-corrected chi connectivity index (χ4v) is 2.88. The van der Waals surface area contributed by atoms with Gasteiger partial charge < -0.3 is 4.90 Å². The van der Waals surface area contributed by atoms with E-state index in [9.17, 15) is 0 Å². The van der Waals surface area contributed by atoms with Gasteiger partial charge in [-0.2, -0.15) is 0 Å². The number of fused-ring (bicyclic) bond motifs is 1. The number of hydrogen-bond acceptors (Lipinski definition) is 1. The Morgan fingerprint density at radius 3 is 2.27 bits per heavy atom. The molecule has 1 aromatic rings. The minimum Gasteiger partial charge on any atom is -0.361 e. The van der Waals surface area contributed by atoms with Crippen molar-refractivity contribution in [3.05, 3.63) is 42.5 Å². The Kier molecular flexibility index (Phi) is 2.05. The van der Waals surface area contributed by atoms with Gasteiger partial charge in [0.1, 0.15) is 0 Å². The molecule has 1 saturated heterocycles. The predicted octanol–water partition coefficient (Wildman–Crippen LogP) is 3.28. The van der Waals surface area contributed by atoms with Gasteiger partial charge in [0.05, 0.1) is 0 Å². The van der Waals surface area contributed by atoms with Crippen LogP contribution in [0.15, 0.2) is 36.9 Å². The minimum absolute atomic E-state index is 0.812. The van der Waals surface area contributed by atoms with E-state index >= 15 is 0 Å². The summed E-state index contributed by atoms with van der Waals surface area (Å²) in [6, 6.07) is 12.2. The summed E-state index contributed by atoms with van der Waals surface area (Å²) in [6.45, 7) is 4.24. The zero-order valence-corrected chi connectivity index (χ0v) is 9.02. The number of likely N-dealkylation sites (tertiary alicyclic amines) is 1. The van der Waals surface area contributed by atoms with Crippen molar-refractivity contribution in [3.8, 4) is 0 Å². The van der Waals surface area contributed by atoms with Crippen molar-refractivity contribution in [1.29, 1.82) is 0 Å². The lowest BCUT2D eigenvalue weighted by Gasteiger charge is -2.09. The van der Waals surface area contributed by atoms with Gasteiger partial charge in [-0.15, -0.1) is 0 Å². The second-order valence-corrected chi connectivity index (χ2v) is 4.64. The standard InChI is InChI=1S/C14H17N/c1-11(12-7-3-2-4-8-12)15-13-9-5-6-10-14(13)15/h2-4,7-8,13-14H,1,5-6,9-10H2. The average molecular weight is 199 g/mol. The molecule has 1 aromatic carbocycles. The Bertz CT molecular complexity index is 356. The van der Waals surface area contributed by atoms with Gasteiger partial charge in [0, 0.05) is 17.8 Å². The number of hydrogen-bond donors (Lipinski definition) is 0. The molecule has 1 aliphatic carbocycles. The molecule has 2 atom stereocenters. The Morgan fingerprint density at radius 1 is 1.07 bits per heavy atom. The van der Waals surface area contributed by atoms with Gasteiger partial charge >= 0.3 is 0 Å². The third-order valence-electron chi connectivity index (χ3n) is 3.74. The maximum Gasteiger partial charge on any atom is 0.0497 e. The third kappa shape index (κ3) is 1.46. The van der Waals surface area contributed by atoms with Crippen LogP contribution in [0, 0.1) is 0 Å². The summed E-state index contributed by atoms with van der Waals surface area (Å²) in [5.74, 6) is 0. The largest absolute Gasteiger partial charge is 0.361 e.